The van der Waals surface area contributed by atoms with E-state index in [-0.39, 0.29) is 23.1 Å². The van der Waals surface area contributed by atoms with Crippen LogP contribution in [-0.4, -0.2) is 38.6 Å². The average molecular weight is 440 g/mol. The van der Waals surface area contributed by atoms with Gasteiger partial charge in [0.2, 0.25) is 5.95 Å². The predicted molar refractivity (Wildman–Crippen MR) is 111 cm³/mol. The zero-order valence-corrected chi connectivity index (χ0v) is 16.3. The maximum atomic E-state index is 12.6. The van der Waals surface area contributed by atoms with Crippen LogP contribution in [0.5, 0.6) is 5.75 Å². The van der Waals surface area contributed by atoms with E-state index < -0.39 is 18.7 Å². The van der Waals surface area contributed by atoms with E-state index in [4.69, 9.17) is 4.74 Å². The van der Waals surface area contributed by atoms with Gasteiger partial charge in [-0.15, -0.1) is 0 Å². The number of hydrogen-bond acceptors (Lipinski definition) is 7. The van der Waals surface area contributed by atoms with Crippen LogP contribution in [0, 0.1) is 0 Å². The maximum Gasteiger partial charge on any atom is 0.422 e. The average Bonchev–Trinajstić information content (AvgIpc) is 2.78. The van der Waals surface area contributed by atoms with Crippen molar-refractivity contribution in [2.24, 2.45) is 0 Å². The summed E-state index contributed by atoms with van der Waals surface area (Å²) in [5.74, 6) is -0.671. The number of hydrogen-bond donors (Lipinski definition) is 2. The standard InChI is InChI=1S/C21H15F3N6O2/c22-21(23,24)12-32-18-6-8-25-11-17(18)29-19(31)15-5-9-27-20(30-15)28-14-4-3-13-2-1-7-26-16(13)10-14/h1-11H,12H2,(H,29,31)(H,27,28,30). The van der Waals surface area contributed by atoms with Crippen LogP contribution in [0.1, 0.15) is 10.5 Å². The van der Waals surface area contributed by atoms with Crippen LogP contribution < -0.4 is 15.4 Å². The molecule has 0 atom stereocenters. The van der Waals surface area contributed by atoms with Crippen LogP contribution >= 0.6 is 0 Å². The zero-order chi connectivity index (χ0) is 22.6. The topological polar surface area (TPSA) is 102 Å². The number of pyridine rings is 2. The summed E-state index contributed by atoms with van der Waals surface area (Å²) in [5, 5.41) is 6.42. The number of aromatic nitrogens is 4. The van der Waals surface area contributed by atoms with Crippen molar-refractivity contribution in [2.45, 2.75) is 6.18 Å². The van der Waals surface area contributed by atoms with E-state index in [1.807, 2.05) is 30.3 Å². The Kier molecular flexibility index (Phi) is 5.79. The van der Waals surface area contributed by atoms with Crippen molar-refractivity contribution in [1.29, 1.82) is 0 Å². The van der Waals surface area contributed by atoms with Gasteiger partial charge in [-0.2, -0.15) is 13.2 Å². The van der Waals surface area contributed by atoms with E-state index in [2.05, 4.69) is 30.6 Å². The number of amides is 1. The van der Waals surface area contributed by atoms with Gasteiger partial charge in [0.15, 0.2) is 6.61 Å². The summed E-state index contributed by atoms with van der Waals surface area (Å²) in [6.07, 6.45) is 0.987. The minimum Gasteiger partial charge on any atom is -0.482 e. The van der Waals surface area contributed by atoms with Gasteiger partial charge in [-0.25, -0.2) is 9.97 Å². The van der Waals surface area contributed by atoms with Crippen LogP contribution in [0.25, 0.3) is 10.9 Å². The Labute approximate surface area is 179 Å². The lowest BCUT2D eigenvalue weighted by atomic mass is 10.2. The quantitative estimate of drug-likeness (QED) is 0.459. The highest BCUT2D eigenvalue weighted by Gasteiger charge is 2.29. The van der Waals surface area contributed by atoms with E-state index in [0.29, 0.717) is 5.69 Å². The molecule has 0 aliphatic carbocycles. The molecule has 0 fully saturated rings. The fourth-order valence-electron chi connectivity index (χ4n) is 2.77. The predicted octanol–water partition coefficient (Wildman–Crippen LogP) is 4.36. The number of nitrogens with zero attached hydrogens (tertiary/aromatic N) is 4. The molecule has 0 bridgehead atoms. The lowest BCUT2D eigenvalue weighted by Crippen LogP contribution is -2.21. The number of anilines is 3. The Morgan fingerprint density at radius 3 is 2.75 bits per heavy atom. The number of rotatable bonds is 6. The molecule has 162 valence electrons. The zero-order valence-electron chi connectivity index (χ0n) is 16.3. The first-order chi connectivity index (χ1) is 15.4. The molecule has 0 aliphatic heterocycles. The molecule has 1 amide bonds. The van der Waals surface area contributed by atoms with Crippen molar-refractivity contribution in [3.8, 4) is 5.75 Å². The molecule has 2 N–H and O–H groups in total. The van der Waals surface area contributed by atoms with Gasteiger partial charge in [-0.05, 0) is 24.3 Å². The van der Waals surface area contributed by atoms with Gasteiger partial charge in [0.1, 0.15) is 17.1 Å². The SMILES string of the molecule is O=C(Nc1cnccc1OCC(F)(F)F)c1ccnc(Nc2ccc3cccnc3c2)n1. The van der Waals surface area contributed by atoms with Gasteiger partial charge in [-0.1, -0.05) is 12.1 Å². The fraction of sp³-hybridized carbons (Fsp3) is 0.0952. The van der Waals surface area contributed by atoms with Crippen LogP contribution in [0.15, 0.2) is 67.3 Å². The molecule has 0 radical (unpaired) electrons. The van der Waals surface area contributed by atoms with Gasteiger partial charge in [0.25, 0.3) is 5.91 Å². The van der Waals surface area contributed by atoms with Crippen molar-refractivity contribution in [3.05, 3.63) is 72.9 Å². The summed E-state index contributed by atoms with van der Waals surface area (Å²) >= 11 is 0. The molecule has 3 aromatic heterocycles. The maximum absolute atomic E-state index is 12.6. The van der Waals surface area contributed by atoms with Crippen molar-refractivity contribution in [2.75, 3.05) is 17.2 Å². The van der Waals surface area contributed by atoms with Crippen molar-refractivity contribution >= 4 is 34.1 Å². The Morgan fingerprint density at radius 2 is 1.91 bits per heavy atom. The fourth-order valence-corrected chi connectivity index (χ4v) is 2.77. The Morgan fingerprint density at radius 1 is 1.03 bits per heavy atom. The third-order valence-electron chi connectivity index (χ3n) is 4.17. The number of benzene rings is 1. The molecule has 11 heteroatoms. The molecular weight excluding hydrogens is 425 g/mol. The highest BCUT2D eigenvalue weighted by molar-refractivity contribution is 6.03. The highest BCUT2D eigenvalue weighted by atomic mass is 19.4. The van der Waals surface area contributed by atoms with Gasteiger partial charge in [-0.3, -0.25) is 14.8 Å². The van der Waals surface area contributed by atoms with Crippen LogP contribution in [0.3, 0.4) is 0 Å². The Balaban J connectivity index is 1.49. The molecule has 4 rings (SSSR count). The van der Waals surface area contributed by atoms with Crippen molar-refractivity contribution < 1.29 is 22.7 Å². The van der Waals surface area contributed by atoms with Gasteiger partial charge in [0, 0.05) is 35.7 Å². The second-order valence-corrected chi connectivity index (χ2v) is 6.53. The third kappa shape index (κ3) is 5.25. The summed E-state index contributed by atoms with van der Waals surface area (Å²) in [4.78, 5) is 28.9. The summed E-state index contributed by atoms with van der Waals surface area (Å²) in [6, 6.07) is 11.9. The molecule has 32 heavy (non-hydrogen) atoms. The van der Waals surface area contributed by atoms with E-state index in [1.165, 1.54) is 30.7 Å². The lowest BCUT2D eigenvalue weighted by molar-refractivity contribution is -0.153. The largest absolute Gasteiger partial charge is 0.482 e. The summed E-state index contributed by atoms with van der Waals surface area (Å²) in [6.45, 7) is -1.50. The van der Waals surface area contributed by atoms with E-state index in [1.54, 1.807) is 6.20 Å². The normalized spacial score (nSPS) is 11.2. The highest BCUT2D eigenvalue weighted by Crippen LogP contribution is 2.26. The van der Waals surface area contributed by atoms with E-state index >= 15 is 0 Å². The number of fused-ring (bicyclic) bond motifs is 1. The molecule has 0 unspecified atom stereocenters. The summed E-state index contributed by atoms with van der Waals surface area (Å²) in [5.41, 5.74) is 1.42. The molecule has 0 saturated heterocycles. The lowest BCUT2D eigenvalue weighted by Gasteiger charge is -2.13. The third-order valence-corrected chi connectivity index (χ3v) is 4.17. The minimum absolute atomic E-state index is 0.00737. The monoisotopic (exact) mass is 440 g/mol. The van der Waals surface area contributed by atoms with Crippen LogP contribution in [0.4, 0.5) is 30.5 Å². The number of ether oxygens (including phenoxy) is 1. The summed E-state index contributed by atoms with van der Waals surface area (Å²) in [7, 11) is 0. The first-order valence-electron chi connectivity index (χ1n) is 9.27. The molecule has 0 spiro atoms. The molecule has 0 saturated carbocycles. The van der Waals surface area contributed by atoms with Crippen LogP contribution in [0.2, 0.25) is 0 Å². The number of alkyl halides is 3. The first kappa shape index (κ1) is 21.0. The molecule has 1 aromatic carbocycles. The van der Waals surface area contributed by atoms with Gasteiger partial charge >= 0.3 is 6.18 Å². The Bertz CT molecular complexity index is 1270. The van der Waals surface area contributed by atoms with E-state index in [9.17, 15) is 18.0 Å². The van der Waals surface area contributed by atoms with Gasteiger partial charge in [0.05, 0.1) is 11.7 Å². The smallest absolute Gasteiger partial charge is 0.422 e. The van der Waals surface area contributed by atoms with Crippen molar-refractivity contribution in [1.82, 2.24) is 19.9 Å². The summed E-state index contributed by atoms with van der Waals surface area (Å²) < 4.78 is 42.1. The molecular formula is C21H15F3N6O2. The first-order valence-corrected chi connectivity index (χ1v) is 9.27. The second kappa shape index (κ2) is 8.84. The molecule has 8 nitrogen and oxygen atoms in total. The van der Waals surface area contributed by atoms with Crippen LogP contribution in [-0.2, 0) is 0 Å². The second-order valence-electron chi connectivity index (χ2n) is 6.53. The molecule has 3 heterocycles. The minimum atomic E-state index is -4.52. The molecule has 0 aliphatic rings. The number of nitrogens with one attached hydrogen (secondary N) is 2. The van der Waals surface area contributed by atoms with Gasteiger partial charge < -0.3 is 15.4 Å². The number of halogens is 3. The number of carbonyl (C=O) groups is 1. The Hall–Kier alpha value is -4.28. The van der Waals surface area contributed by atoms with Crippen molar-refractivity contribution in [3.63, 3.8) is 0 Å². The molecule has 4 aromatic rings. The van der Waals surface area contributed by atoms with E-state index in [0.717, 1.165) is 10.9 Å². The number of carbonyl (C=O) groups excluding carboxylic acids is 1.